The molecule has 0 radical (unpaired) electrons. The molecule has 24 heavy (non-hydrogen) atoms. The molecule has 0 unspecified atom stereocenters. The molecule has 124 valence electrons. The molecule has 2 aromatic carbocycles. The van der Waals surface area contributed by atoms with E-state index in [4.69, 9.17) is 9.47 Å². The third kappa shape index (κ3) is 2.49. The second kappa shape index (κ2) is 6.17. The van der Waals surface area contributed by atoms with Gasteiger partial charge in [0.05, 0.1) is 25.9 Å². The molecule has 2 aliphatic rings. The number of benzene rings is 2. The van der Waals surface area contributed by atoms with E-state index in [2.05, 4.69) is 63.7 Å². The number of ether oxygens (including phenoxy) is 2. The van der Waals surface area contributed by atoms with E-state index in [1.54, 1.807) is 14.2 Å². The first-order chi connectivity index (χ1) is 11.7. The zero-order valence-electron chi connectivity index (χ0n) is 13.8. The van der Waals surface area contributed by atoms with Crippen molar-refractivity contribution in [2.24, 2.45) is 5.92 Å². The molecule has 0 spiro atoms. The van der Waals surface area contributed by atoms with Gasteiger partial charge in [0.15, 0.2) is 0 Å². The molecule has 2 aromatic rings. The summed E-state index contributed by atoms with van der Waals surface area (Å²) >= 11 is 3.52. The quantitative estimate of drug-likeness (QED) is 0.727. The number of nitrogens with one attached hydrogen (secondary N) is 1. The lowest BCUT2D eigenvalue weighted by Crippen LogP contribution is -2.29. The Morgan fingerprint density at radius 2 is 1.88 bits per heavy atom. The summed E-state index contributed by atoms with van der Waals surface area (Å²) in [7, 11) is 3.41. The van der Waals surface area contributed by atoms with Crippen LogP contribution in [-0.4, -0.2) is 14.2 Å². The maximum Gasteiger partial charge on any atom is 0.145 e. The molecule has 1 aliphatic heterocycles. The molecule has 0 fully saturated rings. The van der Waals surface area contributed by atoms with Crippen molar-refractivity contribution in [2.45, 2.75) is 18.4 Å². The van der Waals surface area contributed by atoms with E-state index in [0.717, 1.165) is 28.1 Å². The molecule has 1 heterocycles. The van der Waals surface area contributed by atoms with Gasteiger partial charge in [-0.05, 0) is 41.7 Å². The van der Waals surface area contributed by atoms with Crippen LogP contribution in [0.3, 0.4) is 0 Å². The second-order valence-electron chi connectivity index (χ2n) is 6.32. The average molecular weight is 386 g/mol. The van der Waals surface area contributed by atoms with Crippen LogP contribution in [0.4, 0.5) is 5.69 Å². The van der Waals surface area contributed by atoms with Gasteiger partial charge in [-0.3, -0.25) is 0 Å². The van der Waals surface area contributed by atoms with Crippen LogP contribution in [0.15, 0.2) is 53.0 Å². The third-order valence-electron chi connectivity index (χ3n) is 5.09. The van der Waals surface area contributed by atoms with Gasteiger partial charge in [0.1, 0.15) is 11.5 Å². The third-order valence-corrected chi connectivity index (χ3v) is 5.62. The van der Waals surface area contributed by atoms with Crippen LogP contribution in [0.5, 0.6) is 11.5 Å². The van der Waals surface area contributed by atoms with Crippen molar-refractivity contribution in [3.8, 4) is 11.5 Å². The Morgan fingerprint density at radius 3 is 2.58 bits per heavy atom. The smallest absolute Gasteiger partial charge is 0.145 e. The largest absolute Gasteiger partial charge is 0.497 e. The Hall–Kier alpha value is -1.94. The summed E-state index contributed by atoms with van der Waals surface area (Å²) in [6, 6.07) is 13.0. The monoisotopic (exact) mass is 385 g/mol. The van der Waals surface area contributed by atoms with Crippen molar-refractivity contribution < 1.29 is 9.47 Å². The summed E-state index contributed by atoms with van der Waals surface area (Å²) in [6.45, 7) is 0. The fraction of sp³-hybridized carbons (Fsp3) is 0.300. The number of fused-ring (bicyclic) bond motifs is 3. The van der Waals surface area contributed by atoms with E-state index in [1.165, 1.54) is 11.1 Å². The molecule has 0 amide bonds. The highest BCUT2D eigenvalue weighted by Gasteiger charge is 2.39. The van der Waals surface area contributed by atoms with Gasteiger partial charge in [0, 0.05) is 16.5 Å². The molecule has 1 aliphatic carbocycles. The predicted molar refractivity (Wildman–Crippen MR) is 100 cm³/mol. The van der Waals surface area contributed by atoms with Gasteiger partial charge < -0.3 is 14.8 Å². The summed E-state index contributed by atoms with van der Waals surface area (Å²) in [5.41, 5.74) is 3.65. The molecule has 0 aromatic heterocycles. The number of allylic oxidation sites excluding steroid dienone is 2. The minimum Gasteiger partial charge on any atom is -0.497 e. The lowest BCUT2D eigenvalue weighted by Gasteiger charge is -2.38. The summed E-state index contributed by atoms with van der Waals surface area (Å²) in [4.78, 5) is 0. The van der Waals surface area contributed by atoms with Gasteiger partial charge in [0.25, 0.3) is 0 Å². The fourth-order valence-electron chi connectivity index (χ4n) is 3.92. The van der Waals surface area contributed by atoms with E-state index in [-0.39, 0.29) is 6.04 Å². The summed E-state index contributed by atoms with van der Waals surface area (Å²) in [5.74, 6) is 2.58. The van der Waals surface area contributed by atoms with Crippen molar-refractivity contribution in [3.05, 3.63) is 64.1 Å². The van der Waals surface area contributed by atoms with Crippen molar-refractivity contribution >= 4 is 21.6 Å². The standard InChI is InChI=1S/C20H20BrNO2/c1-23-14-10-17-15-4-3-5-16(15)19(12-6-8-13(21)9-7-12)22-20(17)18(11-14)24-2/h3-4,6-11,15-16,19,22H,5H2,1-2H3/t15-,16+,19-/m1/s1. The highest BCUT2D eigenvalue weighted by molar-refractivity contribution is 9.10. The summed E-state index contributed by atoms with van der Waals surface area (Å²) in [6.07, 6.45) is 5.70. The van der Waals surface area contributed by atoms with Gasteiger partial charge in [-0.1, -0.05) is 40.2 Å². The number of anilines is 1. The first-order valence-corrected chi connectivity index (χ1v) is 8.95. The number of hydrogen-bond acceptors (Lipinski definition) is 3. The van der Waals surface area contributed by atoms with Crippen molar-refractivity contribution in [1.82, 2.24) is 0 Å². The van der Waals surface area contributed by atoms with E-state index in [0.29, 0.717) is 11.8 Å². The molecule has 0 bridgehead atoms. The first kappa shape index (κ1) is 15.6. The van der Waals surface area contributed by atoms with Crippen LogP contribution in [0.25, 0.3) is 0 Å². The Balaban J connectivity index is 1.82. The van der Waals surface area contributed by atoms with Crippen LogP contribution in [0.1, 0.15) is 29.5 Å². The first-order valence-electron chi connectivity index (χ1n) is 8.16. The molecular formula is C20H20BrNO2. The van der Waals surface area contributed by atoms with Crippen LogP contribution in [0.2, 0.25) is 0 Å². The van der Waals surface area contributed by atoms with Crippen LogP contribution in [0, 0.1) is 5.92 Å². The lowest BCUT2D eigenvalue weighted by molar-refractivity contribution is 0.381. The zero-order valence-corrected chi connectivity index (χ0v) is 15.3. The normalized spacial score (nSPS) is 24.0. The molecule has 1 N–H and O–H groups in total. The molecule has 3 atom stereocenters. The maximum atomic E-state index is 5.63. The topological polar surface area (TPSA) is 30.5 Å². The van der Waals surface area contributed by atoms with Gasteiger partial charge in [0.2, 0.25) is 0 Å². The van der Waals surface area contributed by atoms with Crippen molar-refractivity contribution in [1.29, 1.82) is 0 Å². The van der Waals surface area contributed by atoms with E-state index in [9.17, 15) is 0 Å². The SMILES string of the molecule is COc1cc(OC)c2c(c1)[C@@H]1C=CC[C@@H]1[C@@H](c1ccc(Br)cc1)N2. The molecular weight excluding hydrogens is 366 g/mol. The number of hydrogen-bond donors (Lipinski definition) is 1. The van der Waals surface area contributed by atoms with Crippen LogP contribution < -0.4 is 14.8 Å². The molecule has 0 saturated carbocycles. The van der Waals surface area contributed by atoms with E-state index < -0.39 is 0 Å². The highest BCUT2D eigenvalue weighted by atomic mass is 79.9. The fourth-order valence-corrected chi connectivity index (χ4v) is 4.18. The van der Waals surface area contributed by atoms with Gasteiger partial charge in [-0.25, -0.2) is 0 Å². The van der Waals surface area contributed by atoms with Gasteiger partial charge in [-0.2, -0.15) is 0 Å². The maximum absolute atomic E-state index is 5.63. The minimum atomic E-state index is 0.271. The number of methoxy groups -OCH3 is 2. The molecule has 4 rings (SSSR count). The molecule has 4 heteroatoms. The van der Waals surface area contributed by atoms with Gasteiger partial charge in [-0.15, -0.1) is 0 Å². The van der Waals surface area contributed by atoms with Crippen molar-refractivity contribution in [2.75, 3.05) is 19.5 Å². The number of halogens is 1. The summed E-state index contributed by atoms with van der Waals surface area (Å²) in [5, 5.41) is 3.74. The van der Waals surface area contributed by atoms with E-state index in [1.807, 2.05) is 6.07 Å². The van der Waals surface area contributed by atoms with E-state index >= 15 is 0 Å². The van der Waals surface area contributed by atoms with Gasteiger partial charge >= 0.3 is 0 Å². The summed E-state index contributed by atoms with van der Waals surface area (Å²) < 4.78 is 12.2. The van der Waals surface area contributed by atoms with Crippen LogP contribution >= 0.6 is 15.9 Å². The Kier molecular flexibility index (Phi) is 4.01. The zero-order chi connectivity index (χ0) is 16.7. The van der Waals surface area contributed by atoms with Crippen LogP contribution in [-0.2, 0) is 0 Å². The molecule has 3 nitrogen and oxygen atoms in total. The van der Waals surface area contributed by atoms with Crippen molar-refractivity contribution in [3.63, 3.8) is 0 Å². The Labute approximate surface area is 150 Å². The predicted octanol–water partition coefficient (Wildman–Crippen LogP) is 5.29. The number of rotatable bonds is 3. The Bertz CT molecular complexity index is 785. The Morgan fingerprint density at radius 1 is 1.08 bits per heavy atom. The highest BCUT2D eigenvalue weighted by Crippen LogP contribution is 2.53. The second-order valence-corrected chi connectivity index (χ2v) is 7.24. The molecule has 0 saturated heterocycles. The average Bonchev–Trinajstić information content (AvgIpc) is 3.11. The minimum absolute atomic E-state index is 0.271. The lowest BCUT2D eigenvalue weighted by atomic mass is 9.77.